The molecule has 1 saturated heterocycles. The van der Waals surface area contributed by atoms with E-state index in [-0.39, 0.29) is 24.9 Å². The molecule has 3 rings (SSSR count). The Morgan fingerprint density at radius 3 is 2.67 bits per heavy atom. The number of nitrogens with two attached hydrogens (primary N) is 1. The van der Waals surface area contributed by atoms with Gasteiger partial charge >= 0.3 is 0 Å². The normalized spacial score (nSPS) is 21.2. The molecule has 128 valence electrons. The van der Waals surface area contributed by atoms with Gasteiger partial charge in [-0.1, -0.05) is 18.2 Å². The molecule has 0 spiro atoms. The number of benzene rings is 1. The molecule has 1 aromatic rings. The molecule has 7 nitrogen and oxygen atoms in total. The lowest BCUT2D eigenvalue weighted by Crippen LogP contribution is -2.51. The van der Waals surface area contributed by atoms with Gasteiger partial charge in [-0.25, -0.2) is 0 Å². The number of hydrogen-bond acceptors (Lipinski definition) is 4. The summed E-state index contributed by atoms with van der Waals surface area (Å²) in [6, 6.07) is 7.34. The van der Waals surface area contributed by atoms with E-state index in [1.54, 1.807) is 12.1 Å². The van der Waals surface area contributed by atoms with Gasteiger partial charge in [-0.15, -0.1) is 0 Å². The number of amides is 3. The summed E-state index contributed by atoms with van der Waals surface area (Å²) >= 11 is 0. The largest absolute Gasteiger partial charge is 0.381 e. The third kappa shape index (κ3) is 3.41. The van der Waals surface area contributed by atoms with Crippen molar-refractivity contribution >= 4 is 23.4 Å². The second-order valence-electron chi connectivity index (χ2n) is 6.17. The van der Waals surface area contributed by atoms with E-state index in [1.807, 2.05) is 12.1 Å². The number of anilines is 1. The molecule has 2 aliphatic heterocycles. The number of fused-ring (bicyclic) bond motifs is 1. The van der Waals surface area contributed by atoms with E-state index >= 15 is 0 Å². The number of rotatable bonds is 4. The van der Waals surface area contributed by atoms with Crippen LogP contribution in [0.2, 0.25) is 0 Å². The zero-order chi connectivity index (χ0) is 17.1. The smallest absolute Gasteiger partial charge is 0.240 e. The fourth-order valence-corrected chi connectivity index (χ4v) is 3.21. The molecule has 1 unspecified atom stereocenters. The van der Waals surface area contributed by atoms with Crippen molar-refractivity contribution in [3.63, 3.8) is 0 Å². The lowest BCUT2D eigenvalue weighted by atomic mass is 9.91. The maximum atomic E-state index is 12.6. The van der Waals surface area contributed by atoms with E-state index in [1.165, 1.54) is 4.90 Å². The van der Waals surface area contributed by atoms with Gasteiger partial charge in [0.15, 0.2) is 0 Å². The Morgan fingerprint density at radius 1 is 1.25 bits per heavy atom. The molecule has 1 fully saturated rings. The molecule has 1 aromatic carbocycles. The maximum Gasteiger partial charge on any atom is 0.240 e. The highest BCUT2D eigenvalue weighted by Crippen LogP contribution is 2.30. The lowest BCUT2D eigenvalue weighted by molar-refractivity contribution is -0.133. The Labute approximate surface area is 140 Å². The summed E-state index contributed by atoms with van der Waals surface area (Å²) in [5.74, 6) is -2.24. The highest BCUT2D eigenvalue weighted by atomic mass is 16.5. The fourth-order valence-electron chi connectivity index (χ4n) is 3.21. The first-order valence-electron chi connectivity index (χ1n) is 8.12. The summed E-state index contributed by atoms with van der Waals surface area (Å²) in [4.78, 5) is 37.9. The minimum absolute atomic E-state index is 0.0633. The van der Waals surface area contributed by atoms with Gasteiger partial charge in [0.05, 0.1) is 0 Å². The van der Waals surface area contributed by atoms with E-state index in [0.717, 1.165) is 18.4 Å². The molecule has 0 aromatic heterocycles. The van der Waals surface area contributed by atoms with Crippen molar-refractivity contribution in [2.45, 2.75) is 25.3 Å². The second kappa shape index (κ2) is 7.00. The molecule has 0 radical (unpaired) electrons. The quantitative estimate of drug-likeness (QED) is 0.757. The van der Waals surface area contributed by atoms with Crippen molar-refractivity contribution in [2.75, 3.05) is 24.7 Å². The van der Waals surface area contributed by atoms with E-state index in [4.69, 9.17) is 10.5 Å². The highest BCUT2D eigenvalue weighted by Gasteiger charge is 2.37. The SMILES string of the molecule is NC(=O)C1Cc2ccccc2N(CC(=O)NC2CCOCC2)C1=O. The van der Waals surface area contributed by atoms with E-state index in [9.17, 15) is 14.4 Å². The number of para-hydroxylation sites is 1. The molecular formula is C17H21N3O4. The van der Waals surface area contributed by atoms with Crippen molar-refractivity contribution in [1.29, 1.82) is 0 Å². The molecule has 3 N–H and O–H groups in total. The van der Waals surface area contributed by atoms with Crippen LogP contribution in [0.5, 0.6) is 0 Å². The number of hydrogen-bond donors (Lipinski definition) is 2. The van der Waals surface area contributed by atoms with Gasteiger partial charge in [0.25, 0.3) is 0 Å². The summed E-state index contributed by atoms with van der Waals surface area (Å²) in [6.07, 6.45) is 1.81. The Balaban J connectivity index is 1.75. The number of ether oxygens (including phenoxy) is 1. The topological polar surface area (TPSA) is 102 Å². The van der Waals surface area contributed by atoms with Gasteiger partial charge < -0.3 is 20.7 Å². The number of nitrogens with zero attached hydrogens (tertiary/aromatic N) is 1. The van der Waals surface area contributed by atoms with Crippen molar-refractivity contribution < 1.29 is 19.1 Å². The first kappa shape index (κ1) is 16.4. The Morgan fingerprint density at radius 2 is 1.96 bits per heavy atom. The first-order valence-corrected chi connectivity index (χ1v) is 8.12. The lowest BCUT2D eigenvalue weighted by Gasteiger charge is -2.33. The molecule has 24 heavy (non-hydrogen) atoms. The van der Waals surface area contributed by atoms with E-state index in [0.29, 0.717) is 18.9 Å². The Kier molecular flexibility index (Phi) is 4.80. The standard InChI is InChI=1S/C17H21N3O4/c18-16(22)13-9-11-3-1-2-4-14(11)20(17(13)23)10-15(21)19-12-5-7-24-8-6-12/h1-4,12-13H,5-10H2,(H2,18,22)(H,19,21). The first-order chi connectivity index (χ1) is 11.6. The van der Waals surface area contributed by atoms with Crippen LogP contribution in [0.4, 0.5) is 5.69 Å². The minimum atomic E-state index is -0.921. The molecular weight excluding hydrogens is 310 g/mol. The van der Waals surface area contributed by atoms with Gasteiger partial charge in [0.1, 0.15) is 12.5 Å². The van der Waals surface area contributed by atoms with Gasteiger partial charge in [-0.3, -0.25) is 14.4 Å². The summed E-state index contributed by atoms with van der Waals surface area (Å²) in [7, 11) is 0. The second-order valence-corrected chi connectivity index (χ2v) is 6.17. The summed E-state index contributed by atoms with van der Waals surface area (Å²) in [6.45, 7) is 1.14. The Hall–Kier alpha value is -2.41. The zero-order valence-electron chi connectivity index (χ0n) is 13.4. The van der Waals surface area contributed by atoms with Gasteiger partial charge in [-0.2, -0.15) is 0 Å². The monoisotopic (exact) mass is 331 g/mol. The van der Waals surface area contributed by atoms with Gasteiger partial charge in [0, 0.05) is 24.9 Å². The fraction of sp³-hybridized carbons (Fsp3) is 0.471. The van der Waals surface area contributed by atoms with Crippen LogP contribution < -0.4 is 16.0 Å². The third-order valence-electron chi connectivity index (χ3n) is 4.50. The molecule has 3 amide bonds. The van der Waals surface area contributed by atoms with Crippen LogP contribution in [-0.4, -0.2) is 43.5 Å². The van der Waals surface area contributed by atoms with Crippen molar-refractivity contribution in [3.8, 4) is 0 Å². The molecule has 7 heteroatoms. The van der Waals surface area contributed by atoms with Crippen molar-refractivity contribution in [1.82, 2.24) is 5.32 Å². The van der Waals surface area contributed by atoms with E-state index < -0.39 is 17.7 Å². The van der Waals surface area contributed by atoms with E-state index in [2.05, 4.69) is 5.32 Å². The molecule has 2 heterocycles. The molecule has 0 saturated carbocycles. The van der Waals surface area contributed by atoms with Crippen LogP contribution in [0.25, 0.3) is 0 Å². The van der Waals surface area contributed by atoms with Crippen molar-refractivity contribution in [2.24, 2.45) is 11.7 Å². The van der Waals surface area contributed by atoms with Crippen LogP contribution in [-0.2, 0) is 25.5 Å². The van der Waals surface area contributed by atoms with Crippen LogP contribution >= 0.6 is 0 Å². The summed E-state index contributed by atoms with van der Waals surface area (Å²) < 4.78 is 5.27. The number of carbonyl (C=O) groups is 3. The predicted octanol–water partition coefficient (Wildman–Crippen LogP) is -0.0276. The molecule has 1 atom stereocenters. The molecule has 0 aliphatic carbocycles. The average molecular weight is 331 g/mol. The van der Waals surface area contributed by atoms with Gasteiger partial charge in [-0.05, 0) is 30.9 Å². The highest BCUT2D eigenvalue weighted by molar-refractivity contribution is 6.11. The minimum Gasteiger partial charge on any atom is -0.381 e. The summed E-state index contributed by atoms with van der Waals surface area (Å²) in [5, 5.41) is 2.93. The number of primary amides is 1. The van der Waals surface area contributed by atoms with Gasteiger partial charge in [0.2, 0.25) is 17.7 Å². The average Bonchev–Trinajstić information content (AvgIpc) is 2.58. The Bertz CT molecular complexity index is 655. The van der Waals surface area contributed by atoms with Crippen LogP contribution in [0, 0.1) is 5.92 Å². The van der Waals surface area contributed by atoms with Crippen LogP contribution in [0.3, 0.4) is 0 Å². The number of nitrogens with one attached hydrogen (secondary N) is 1. The van der Waals surface area contributed by atoms with Crippen LogP contribution in [0.1, 0.15) is 18.4 Å². The maximum absolute atomic E-state index is 12.6. The zero-order valence-corrected chi connectivity index (χ0v) is 13.4. The predicted molar refractivity (Wildman–Crippen MR) is 87.2 cm³/mol. The summed E-state index contributed by atoms with van der Waals surface area (Å²) in [5.41, 5.74) is 6.87. The number of carbonyl (C=O) groups excluding carboxylic acids is 3. The third-order valence-corrected chi connectivity index (χ3v) is 4.50. The van der Waals surface area contributed by atoms with Crippen molar-refractivity contribution in [3.05, 3.63) is 29.8 Å². The molecule has 0 bridgehead atoms. The molecule has 2 aliphatic rings. The van der Waals surface area contributed by atoms with Crippen LogP contribution in [0.15, 0.2) is 24.3 Å².